The lowest BCUT2D eigenvalue weighted by Crippen LogP contribution is -2.68. The van der Waals surface area contributed by atoms with Gasteiger partial charge in [0.05, 0.1) is 25.3 Å². The average molecular weight is 807 g/mol. The van der Waals surface area contributed by atoms with E-state index in [9.17, 15) is 50.7 Å². The second kappa shape index (κ2) is 14.3. The lowest BCUT2D eigenvalue weighted by Gasteiger charge is -2.60. The van der Waals surface area contributed by atoms with Crippen molar-refractivity contribution in [2.45, 2.75) is 87.8 Å². The van der Waals surface area contributed by atoms with E-state index in [0.29, 0.717) is 29.5 Å². The Morgan fingerprint density at radius 3 is 2.33 bits per heavy atom. The molecular formula is C39H37F7N4O7. The van der Waals surface area contributed by atoms with Crippen molar-refractivity contribution in [3.63, 3.8) is 0 Å². The van der Waals surface area contributed by atoms with Crippen molar-refractivity contribution >= 4 is 11.9 Å². The number of aromatic hydroxyl groups is 1. The number of ether oxygens (including phenoxy) is 4. The van der Waals surface area contributed by atoms with Crippen molar-refractivity contribution in [2.24, 2.45) is 0 Å². The van der Waals surface area contributed by atoms with Crippen LogP contribution in [0.2, 0.25) is 0 Å². The van der Waals surface area contributed by atoms with Crippen molar-refractivity contribution in [1.29, 1.82) is 5.26 Å². The number of nitriles is 1. The van der Waals surface area contributed by atoms with Gasteiger partial charge in [0.2, 0.25) is 12.7 Å². The standard InChI is InChI=1S/C39H37F7N4O7/c1-18-12-21-13-23-25(15-47)50-24(30(49(23)3)28(21)31(52)32(18)54-4)14-22-29(26(50)16-48-27(51)11-10-20-8-6-5-7-9-20)35-34(55-17-56-35)19(2)33(22)57-36(53)37(40,41)38(42,43)39(44,45)46/h5-9,12,23-26,30,52H,10-11,13-14,16-17H2,1-4H3,(H,48,51)/t23?,24?,25-,26-,30?/m0/s1. The summed E-state index contributed by atoms with van der Waals surface area (Å²) >= 11 is 0. The summed E-state index contributed by atoms with van der Waals surface area (Å²) in [4.78, 5) is 30.0. The number of benzene rings is 3. The number of phenols is 1. The number of carbonyl (C=O) groups is 2. The van der Waals surface area contributed by atoms with E-state index in [2.05, 4.69) is 11.4 Å². The van der Waals surface area contributed by atoms with E-state index in [1.807, 2.05) is 41.3 Å². The zero-order chi connectivity index (χ0) is 41.4. The number of alkyl halides is 7. The van der Waals surface area contributed by atoms with E-state index in [4.69, 9.17) is 18.9 Å². The Morgan fingerprint density at radius 2 is 1.68 bits per heavy atom. The van der Waals surface area contributed by atoms with Crippen LogP contribution in [0.4, 0.5) is 30.7 Å². The molecule has 3 aromatic carbocycles. The fourth-order valence-corrected chi connectivity index (χ4v) is 8.83. The molecule has 2 bridgehead atoms. The molecule has 18 heteroatoms. The van der Waals surface area contributed by atoms with Crippen molar-refractivity contribution in [2.75, 3.05) is 27.5 Å². The lowest BCUT2D eigenvalue weighted by molar-refractivity contribution is -0.346. The van der Waals surface area contributed by atoms with Crippen molar-refractivity contribution < 1.29 is 64.4 Å². The van der Waals surface area contributed by atoms with Gasteiger partial charge in [-0.1, -0.05) is 36.4 Å². The molecule has 304 valence electrons. The van der Waals surface area contributed by atoms with E-state index in [1.165, 1.54) is 14.0 Å². The number of fused-ring (bicyclic) bond motifs is 9. The highest BCUT2D eigenvalue weighted by molar-refractivity contribution is 5.83. The van der Waals surface area contributed by atoms with E-state index in [-0.39, 0.29) is 59.1 Å². The second-order valence-electron chi connectivity index (χ2n) is 14.6. The highest BCUT2D eigenvalue weighted by Crippen LogP contribution is 2.59. The summed E-state index contributed by atoms with van der Waals surface area (Å²) in [7, 11) is 3.10. The summed E-state index contributed by atoms with van der Waals surface area (Å²) in [6, 6.07) is 9.15. The van der Waals surface area contributed by atoms with Crippen LogP contribution in [-0.2, 0) is 28.9 Å². The number of nitrogens with one attached hydrogen (secondary N) is 1. The third-order valence-corrected chi connectivity index (χ3v) is 11.4. The number of halogens is 7. The Labute approximate surface area is 321 Å². The lowest BCUT2D eigenvalue weighted by atomic mass is 9.71. The number of esters is 1. The Hall–Kier alpha value is -5.28. The van der Waals surface area contributed by atoms with Crippen LogP contribution in [0.5, 0.6) is 28.7 Å². The van der Waals surface area contributed by atoms with Crippen LogP contribution in [-0.4, -0.2) is 90.4 Å². The van der Waals surface area contributed by atoms with Crippen LogP contribution >= 0.6 is 0 Å². The summed E-state index contributed by atoms with van der Waals surface area (Å²) in [5.41, 5.74) is 2.41. The minimum atomic E-state index is -6.81. The maximum absolute atomic E-state index is 14.9. The molecule has 0 spiro atoms. The van der Waals surface area contributed by atoms with Gasteiger partial charge in [-0.3, -0.25) is 14.6 Å². The maximum atomic E-state index is 14.9. The van der Waals surface area contributed by atoms with E-state index in [0.717, 1.165) is 5.56 Å². The van der Waals surface area contributed by atoms with Crippen LogP contribution in [0, 0.1) is 25.2 Å². The predicted molar refractivity (Wildman–Crippen MR) is 186 cm³/mol. The van der Waals surface area contributed by atoms with Crippen LogP contribution in [0.25, 0.3) is 0 Å². The van der Waals surface area contributed by atoms with Crippen LogP contribution in [0.15, 0.2) is 36.4 Å². The quantitative estimate of drug-likeness (QED) is 0.151. The number of carbonyl (C=O) groups excluding carboxylic acids is 2. The SMILES string of the molecule is COc1c(C)cc2c(c1O)C1C3Cc4c(OC(=O)C(F)(F)C(F)(F)C(F)(F)F)c(C)c5c(c4[C@H](CNC(=O)CCc4ccccc4)N3[C@@H](C#N)C(C2)N1C)OCO5. The zero-order valence-electron chi connectivity index (χ0n) is 31.0. The molecule has 11 nitrogen and oxygen atoms in total. The number of methoxy groups -OCH3 is 1. The van der Waals surface area contributed by atoms with Gasteiger partial charge in [0.15, 0.2) is 23.0 Å². The number of likely N-dealkylation sites (N-methyl/N-ethyl adjacent to an activating group) is 1. The largest absolute Gasteiger partial charge is 0.504 e. The summed E-state index contributed by atoms with van der Waals surface area (Å²) in [5, 5.41) is 25.4. The molecule has 1 amide bonds. The fourth-order valence-electron chi connectivity index (χ4n) is 8.83. The zero-order valence-corrected chi connectivity index (χ0v) is 31.0. The van der Waals surface area contributed by atoms with Gasteiger partial charge in [-0.2, -0.15) is 36.0 Å². The van der Waals surface area contributed by atoms with Crippen molar-refractivity contribution in [3.05, 3.63) is 75.3 Å². The first-order chi connectivity index (χ1) is 26.8. The summed E-state index contributed by atoms with van der Waals surface area (Å²) in [6.45, 7) is 2.29. The monoisotopic (exact) mass is 806 g/mol. The highest BCUT2D eigenvalue weighted by Gasteiger charge is 2.77. The van der Waals surface area contributed by atoms with Gasteiger partial charge in [-0.25, -0.2) is 4.79 Å². The number of hydrogen-bond acceptors (Lipinski definition) is 10. The molecule has 3 aromatic rings. The predicted octanol–water partition coefficient (Wildman–Crippen LogP) is 6.01. The number of aryl methyl sites for hydroxylation is 2. The van der Waals surface area contributed by atoms with E-state index in [1.54, 1.807) is 18.9 Å². The van der Waals surface area contributed by atoms with Gasteiger partial charge in [0, 0.05) is 47.3 Å². The number of rotatable bonds is 9. The molecule has 2 N–H and O–H groups in total. The molecule has 57 heavy (non-hydrogen) atoms. The summed E-state index contributed by atoms with van der Waals surface area (Å²) < 4.78 is 119. The second-order valence-corrected chi connectivity index (χ2v) is 14.6. The molecule has 4 aliphatic heterocycles. The third-order valence-electron chi connectivity index (χ3n) is 11.4. The van der Waals surface area contributed by atoms with Gasteiger partial charge in [0.25, 0.3) is 0 Å². The van der Waals surface area contributed by atoms with Gasteiger partial charge in [-0.15, -0.1) is 0 Å². The first kappa shape index (κ1) is 39.9. The van der Waals surface area contributed by atoms with Gasteiger partial charge < -0.3 is 29.4 Å². The summed E-state index contributed by atoms with van der Waals surface area (Å²) in [5.74, 6) is -17.7. The smallest absolute Gasteiger partial charge is 0.460 e. The Morgan fingerprint density at radius 1 is 1.00 bits per heavy atom. The number of hydrogen-bond donors (Lipinski definition) is 2. The molecule has 0 radical (unpaired) electrons. The Bertz CT molecular complexity index is 2160. The highest BCUT2D eigenvalue weighted by atomic mass is 19.4. The van der Waals surface area contributed by atoms with E-state index >= 15 is 0 Å². The first-order valence-corrected chi connectivity index (χ1v) is 17.9. The Kier molecular flexibility index (Phi) is 10.0. The minimum absolute atomic E-state index is 0.0259. The molecule has 3 unspecified atom stereocenters. The molecular weight excluding hydrogens is 769 g/mol. The normalized spacial score (nSPS) is 22.8. The fraction of sp³-hybridized carbons (Fsp3) is 0.462. The molecule has 1 fully saturated rings. The van der Waals surface area contributed by atoms with Crippen LogP contribution in [0.3, 0.4) is 0 Å². The average Bonchev–Trinajstić information content (AvgIpc) is 3.65. The number of phenolic OH excluding ortho intramolecular Hbond substituents is 1. The van der Waals surface area contributed by atoms with Crippen LogP contribution in [0.1, 0.15) is 57.4 Å². The molecule has 4 heterocycles. The van der Waals surface area contributed by atoms with E-state index < -0.39 is 72.6 Å². The van der Waals surface area contributed by atoms with Gasteiger partial charge in [0.1, 0.15) is 11.8 Å². The molecule has 0 saturated carbocycles. The number of nitrogens with zero attached hydrogens (tertiary/aromatic N) is 3. The van der Waals surface area contributed by atoms with Crippen LogP contribution < -0.4 is 24.3 Å². The van der Waals surface area contributed by atoms with Gasteiger partial charge >= 0.3 is 24.0 Å². The van der Waals surface area contributed by atoms with Crippen molar-refractivity contribution in [1.82, 2.24) is 15.1 Å². The topological polar surface area (TPSA) is 134 Å². The molecule has 0 aliphatic carbocycles. The Balaban J connectivity index is 1.39. The third kappa shape index (κ3) is 6.26. The first-order valence-electron chi connectivity index (χ1n) is 17.9. The molecule has 4 aliphatic rings. The molecule has 5 atom stereocenters. The number of piperazine rings is 1. The van der Waals surface area contributed by atoms with Gasteiger partial charge in [-0.05, 0) is 56.8 Å². The molecule has 7 rings (SSSR count). The number of amides is 1. The molecule has 1 saturated heterocycles. The van der Waals surface area contributed by atoms with Crippen molar-refractivity contribution in [3.8, 4) is 34.8 Å². The maximum Gasteiger partial charge on any atom is 0.460 e. The molecule has 0 aromatic heterocycles. The summed E-state index contributed by atoms with van der Waals surface area (Å²) in [6.07, 6.45) is -6.39. The minimum Gasteiger partial charge on any atom is -0.504 e.